The van der Waals surface area contributed by atoms with Crippen LogP contribution in [0.5, 0.6) is 0 Å². The fourth-order valence-electron chi connectivity index (χ4n) is 2.67. The first-order valence-electron chi connectivity index (χ1n) is 8.81. The van der Waals surface area contributed by atoms with E-state index < -0.39 is 5.91 Å². The van der Waals surface area contributed by atoms with E-state index in [-0.39, 0.29) is 11.1 Å². The first-order chi connectivity index (χ1) is 14.1. The topological polar surface area (TPSA) is 92.4 Å². The molecular weight excluding hydrogens is 538 g/mol. The largest absolute Gasteiger partial charge is 0.411 e. The number of hydrogen-bond acceptors (Lipinski definition) is 5. The lowest BCUT2D eigenvalue weighted by Gasteiger charge is -2.14. The van der Waals surface area contributed by atoms with E-state index in [1.165, 1.54) is 10.9 Å². The number of rotatable bonds is 4. The summed E-state index contributed by atoms with van der Waals surface area (Å²) in [6, 6.07) is 8.60. The Morgan fingerprint density at radius 1 is 1.30 bits per heavy atom. The van der Waals surface area contributed by atoms with Crippen LogP contribution in [0.3, 0.4) is 0 Å². The molecule has 0 fully saturated rings. The summed E-state index contributed by atoms with van der Waals surface area (Å²) < 4.78 is 2.80. The predicted octanol–water partition coefficient (Wildman–Crippen LogP) is 5.80. The van der Waals surface area contributed by atoms with Gasteiger partial charge in [0.25, 0.3) is 5.91 Å². The summed E-state index contributed by atoms with van der Waals surface area (Å²) in [5, 5.41) is 19.9. The van der Waals surface area contributed by atoms with Crippen LogP contribution in [0.25, 0.3) is 5.82 Å². The molecule has 3 aromatic rings. The van der Waals surface area contributed by atoms with Crippen molar-refractivity contribution in [3.63, 3.8) is 0 Å². The van der Waals surface area contributed by atoms with Gasteiger partial charge in [-0.05, 0) is 46.3 Å². The summed E-state index contributed by atoms with van der Waals surface area (Å²) >= 11 is 13.1. The Labute approximate surface area is 195 Å². The Bertz CT molecular complexity index is 1140. The highest BCUT2D eigenvalue weighted by molar-refractivity contribution is 9.11. The monoisotopic (exact) mass is 553 g/mol. The first kappa shape index (κ1) is 22.5. The average Bonchev–Trinajstić information content (AvgIpc) is 3.11. The van der Waals surface area contributed by atoms with Gasteiger partial charge in [0, 0.05) is 26.1 Å². The molecule has 0 radical (unpaired) electrons. The van der Waals surface area contributed by atoms with Crippen LogP contribution in [-0.4, -0.2) is 32.1 Å². The third-order valence-electron chi connectivity index (χ3n) is 4.17. The molecule has 0 atom stereocenters. The second-order valence-corrected chi connectivity index (χ2v) is 9.61. The number of carbonyl (C=O) groups excluding carboxylic acids is 1. The molecule has 0 spiro atoms. The number of carbonyl (C=O) groups is 1. The number of aromatic nitrogens is 3. The molecule has 0 aliphatic rings. The van der Waals surface area contributed by atoms with Crippen molar-refractivity contribution in [3.05, 3.63) is 67.4 Å². The Morgan fingerprint density at radius 3 is 2.67 bits per heavy atom. The van der Waals surface area contributed by atoms with Gasteiger partial charge < -0.3 is 10.5 Å². The molecule has 1 amide bonds. The minimum atomic E-state index is -0.421. The minimum Gasteiger partial charge on any atom is -0.411 e. The van der Waals surface area contributed by atoms with Crippen molar-refractivity contribution in [2.24, 2.45) is 5.16 Å². The van der Waals surface area contributed by atoms with E-state index in [1.54, 1.807) is 36.5 Å². The van der Waals surface area contributed by atoms with Crippen LogP contribution in [0.4, 0.5) is 5.69 Å². The van der Waals surface area contributed by atoms with E-state index in [4.69, 9.17) is 16.8 Å². The first-order valence-corrected chi connectivity index (χ1v) is 10.8. The maximum absolute atomic E-state index is 13.3. The Balaban J connectivity index is 2.11. The van der Waals surface area contributed by atoms with Gasteiger partial charge in [0.05, 0.1) is 22.6 Å². The molecule has 7 nitrogen and oxygen atoms in total. The number of hydrogen-bond donors (Lipinski definition) is 2. The van der Waals surface area contributed by atoms with Crippen LogP contribution in [0.1, 0.15) is 42.5 Å². The molecule has 0 aliphatic carbocycles. The van der Waals surface area contributed by atoms with Gasteiger partial charge in [-0.3, -0.25) is 4.79 Å². The van der Waals surface area contributed by atoms with E-state index >= 15 is 0 Å². The van der Waals surface area contributed by atoms with Crippen LogP contribution in [0, 0.1) is 0 Å². The van der Waals surface area contributed by atoms with E-state index in [0.29, 0.717) is 32.3 Å². The Kier molecular flexibility index (Phi) is 6.64. The summed E-state index contributed by atoms with van der Waals surface area (Å²) in [5.74, 6) is -0.0674. The van der Waals surface area contributed by atoms with Gasteiger partial charge in [0.15, 0.2) is 5.82 Å². The fourth-order valence-corrected chi connectivity index (χ4v) is 4.23. The maximum Gasteiger partial charge on any atom is 0.274 e. The van der Waals surface area contributed by atoms with Crippen LogP contribution >= 0.6 is 43.5 Å². The van der Waals surface area contributed by atoms with Gasteiger partial charge >= 0.3 is 0 Å². The third kappa shape index (κ3) is 4.74. The highest BCUT2D eigenvalue weighted by atomic mass is 79.9. The van der Waals surface area contributed by atoms with E-state index in [1.807, 2.05) is 20.8 Å². The second kappa shape index (κ2) is 8.87. The third-order valence-corrected chi connectivity index (χ3v) is 5.55. The van der Waals surface area contributed by atoms with Gasteiger partial charge in [0.1, 0.15) is 5.69 Å². The summed E-state index contributed by atoms with van der Waals surface area (Å²) in [4.78, 5) is 17.6. The van der Waals surface area contributed by atoms with Crippen LogP contribution in [0.2, 0.25) is 5.02 Å². The minimum absolute atomic E-state index is 0.266. The maximum atomic E-state index is 13.3. The summed E-state index contributed by atoms with van der Waals surface area (Å²) in [6.07, 6.45) is 2.82. The summed E-state index contributed by atoms with van der Waals surface area (Å²) in [6.45, 7) is 6.01. The van der Waals surface area contributed by atoms with Gasteiger partial charge in [-0.2, -0.15) is 5.10 Å². The van der Waals surface area contributed by atoms with Crippen molar-refractivity contribution >= 4 is 61.3 Å². The lowest BCUT2D eigenvalue weighted by atomic mass is 9.92. The smallest absolute Gasteiger partial charge is 0.274 e. The van der Waals surface area contributed by atoms with E-state index in [9.17, 15) is 4.79 Å². The van der Waals surface area contributed by atoms with Crippen molar-refractivity contribution < 1.29 is 10.0 Å². The quantitative estimate of drug-likeness (QED) is 0.242. The standard InChI is InChI=1S/C20H18Br2ClN5O2/c1-20(2,3)16-9-15(28(27-16)18-14(23)5-4-6-24-18)19(29)26-17-11(10-25-30)7-12(21)8-13(17)22/h4-10,30H,1-3H3,(H,26,29). The van der Waals surface area contributed by atoms with Crippen molar-refractivity contribution in [2.75, 3.05) is 5.32 Å². The van der Waals surface area contributed by atoms with E-state index in [2.05, 4.69) is 52.4 Å². The van der Waals surface area contributed by atoms with E-state index in [0.717, 1.165) is 4.47 Å². The molecule has 0 aliphatic heterocycles. The highest BCUT2D eigenvalue weighted by Crippen LogP contribution is 2.31. The summed E-state index contributed by atoms with van der Waals surface area (Å²) in [7, 11) is 0. The zero-order valence-electron chi connectivity index (χ0n) is 16.3. The molecule has 1 aromatic carbocycles. The molecule has 156 valence electrons. The molecular formula is C20H18Br2ClN5O2. The second-order valence-electron chi connectivity index (χ2n) is 7.44. The molecule has 0 unspecified atom stereocenters. The molecule has 3 rings (SSSR count). The predicted molar refractivity (Wildman–Crippen MR) is 124 cm³/mol. The van der Waals surface area contributed by atoms with Crippen LogP contribution in [-0.2, 0) is 5.41 Å². The van der Waals surface area contributed by atoms with Crippen molar-refractivity contribution in [3.8, 4) is 5.82 Å². The molecule has 2 aromatic heterocycles. The normalized spacial score (nSPS) is 11.8. The Hall–Kier alpha value is -2.23. The van der Waals surface area contributed by atoms with Crippen molar-refractivity contribution in [1.82, 2.24) is 14.8 Å². The lowest BCUT2D eigenvalue weighted by Crippen LogP contribution is -2.19. The number of amides is 1. The van der Waals surface area contributed by atoms with Gasteiger partial charge in [-0.15, -0.1) is 0 Å². The number of anilines is 1. The van der Waals surface area contributed by atoms with Crippen LogP contribution in [0.15, 0.2) is 50.6 Å². The van der Waals surface area contributed by atoms with Crippen molar-refractivity contribution in [1.29, 1.82) is 0 Å². The molecule has 10 heteroatoms. The lowest BCUT2D eigenvalue weighted by molar-refractivity contribution is 0.101. The SMILES string of the molecule is CC(C)(C)c1cc(C(=O)Nc2c(Br)cc(Br)cc2C=NO)n(-c2ncccc2Cl)n1. The van der Waals surface area contributed by atoms with Crippen molar-refractivity contribution in [2.45, 2.75) is 26.2 Å². The molecule has 0 bridgehead atoms. The highest BCUT2D eigenvalue weighted by Gasteiger charge is 2.25. The molecule has 0 saturated heterocycles. The molecule has 2 N–H and O–H groups in total. The van der Waals surface area contributed by atoms with Gasteiger partial charge in [-0.25, -0.2) is 9.67 Å². The number of pyridine rings is 1. The zero-order valence-corrected chi connectivity index (χ0v) is 20.2. The molecule has 0 saturated carbocycles. The average molecular weight is 556 g/mol. The number of halogens is 3. The molecule has 2 heterocycles. The fraction of sp³-hybridized carbons (Fsp3) is 0.200. The number of benzene rings is 1. The number of nitrogens with zero attached hydrogens (tertiary/aromatic N) is 4. The molecule has 30 heavy (non-hydrogen) atoms. The van der Waals surface area contributed by atoms with Crippen LogP contribution < -0.4 is 5.32 Å². The summed E-state index contributed by atoms with van der Waals surface area (Å²) in [5.41, 5.74) is 1.63. The number of oxime groups is 1. The number of nitrogens with one attached hydrogen (secondary N) is 1. The van der Waals surface area contributed by atoms with Gasteiger partial charge in [-0.1, -0.05) is 53.5 Å². The van der Waals surface area contributed by atoms with Gasteiger partial charge in [0.2, 0.25) is 0 Å². The zero-order chi connectivity index (χ0) is 22.1. The Morgan fingerprint density at radius 2 is 2.03 bits per heavy atom.